The van der Waals surface area contributed by atoms with E-state index in [-0.39, 0.29) is 11.9 Å². The third-order valence-corrected chi connectivity index (χ3v) is 8.52. The van der Waals surface area contributed by atoms with Crippen LogP contribution in [0.5, 0.6) is 5.75 Å². The van der Waals surface area contributed by atoms with Crippen molar-refractivity contribution in [1.82, 2.24) is 15.3 Å². The summed E-state index contributed by atoms with van der Waals surface area (Å²) in [4.78, 5) is 25.8. The monoisotopic (exact) mass is 587 g/mol. The molecule has 2 heterocycles. The van der Waals surface area contributed by atoms with Gasteiger partial charge in [-0.2, -0.15) is 5.09 Å². The molecule has 1 aliphatic carbocycles. The third-order valence-electron chi connectivity index (χ3n) is 6.90. The highest BCUT2D eigenvalue weighted by Crippen LogP contribution is 2.49. The smallest absolute Gasteiger partial charge is 0.459 e. The number of halogens is 1. The molecule has 2 fully saturated rings. The third kappa shape index (κ3) is 6.82. The number of ether oxygens (including phenoxy) is 2. The van der Waals surface area contributed by atoms with Gasteiger partial charge in [0.15, 0.2) is 6.23 Å². The highest BCUT2D eigenvalue weighted by molar-refractivity contribution is 7.52. The topological polar surface area (TPSA) is 176 Å². The fourth-order valence-corrected chi connectivity index (χ4v) is 6.20. The van der Waals surface area contributed by atoms with Crippen molar-refractivity contribution in [1.29, 1.82) is 0 Å². The van der Waals surface area contributed by atoms with Gasteiger partial charge in [0.25, 0.3) is 5.85 Å². The van der Waals surface area contributed by atoms with Gasteiger partial charge in [0.1, 0.15) is 42.4 Å². The Morgan fingerprint density at radius 1 is 1.27 bits per heavy atom. The Labute approximate surface area is 230 Å². The van der Waals surface area contributed by atoms with Gasteiger partial charge in [0.2, 0.25) is 0 Å². The molecular formula is C25H35FN3O10P. The molecule has 40 heavy (non-hydrogen) atoms. The first-order chi connectivity index (χ1) is 18.8. The Morgan fingerprint density at radius 2 is 1.95 bits per heavy atom. The molecule has 1 saturated carbocycles. The highest BCUT2D eigenvalue weighted by atomic mass is 31.2. The van der Waals surface area contributed by atoms with E-state index in [9.17, 15) is 29.5 Å². The van der Waals surface area contributed by atoms with E-state index in [0.717, 1.165) is 56.2 Å². The highest BCUT2D eigenvalue weighted by Gasteiger charge is 2.65. The zero-order valence-electron chi connectivity index (χ0n) is 22.1. The van der Waals surface area contributed by atoms with Gasteiger partial charge in [0, 0.05) is 6.20 Å². The second-order valence-electron chi connectivity index (χ2n) is 10.3. The van der Waals surface area contributed by atoms with Gasteiger partial charge in [-0.05, 0) is 57.7 Å². The van der Waals surface area contributed by atoms with E-state index < -0.39 is 62.4 Å². The van der Waals surface area contributed by atoms with Crippen molar-refractivity contribution in [3.63, 3.8) is 0 Å². The summed E-state index contributed by atoms with van der Waals surface area (Å²) in [6, 6.07) is 5.68. The Bertz CT molecular complexity index is 1140. The number of aliphatic hydroxyl groups is 3. The van der Waals surface area contributed by atoms with Crippen LogP contribution < -0.4 is 14.9 Å². The first-order valence-electron chi connectivity index (χ1n) is 13.0. The second-order valence-corrected chi connectivity index (χ2v) is 11.9. The number of carbonyl (C=O) groups is 2. The van der Waals surface area contributed by atoms with Crippen molar-refractivity contribution in [2.45, 2.75) is 88.1 Å². The van der Waals surface area contributed by atoms with Crippen LogP contribution >= 0.6 is 7.75 Å². The molecule has 7 atom stereocenters. The molecule has 2 aliphatic heterocycles. The van der Waals surface area contributed by atoms with Crippen LogP contribution in [-0.4, -0.2) is 81.0 Å². The number of nitrogens with one attached hydrogen (secondary N) is 2. The molecule has 1 aromatic carbocycles. The van der Waals surface area contributed by atoms with Gasteiger partial charge >= 0.3 is 19.7 Å². The average molecular weight is 588 g/mol. The van der Waals surface area contributed by atoms with Crippen molar-refractivity contribution >= 4 is 19.7 Å². The minimum atomic E-state index is -4.54. The number of alkyl halides is 1. The van der Waals surface area contributed by atoms with E-state index in [1.165, 1.54) is 19.1 Å². The normalized spacial score (nSPS) is 33.2. The zero-order chi connectivity index (χ0) is 29.1. The molecule has 0 bridgehead atoms. The number of urea groups is 1. The maximum absolute atomic E-state index is 16.0. The lowest BCUT2D eigenvalue weighted by Gasteiger charge is -2.35. The molecule has 15 heteroatoms. The van der Waals surface area contributed by atoms with Crippen molar-refractivity contribution in [2.24, 2.45) is 0 Å². The van der Waals surface area contributed by atoms with Crippen LogP contribution in [-0.2, 0) is 23.4 Å². The molecule has 3 aliphatic rings. The molecule has 13 nitrogen and oxygen atoms in total. The molecule has 2 amide bonds. The van der Waals surface area contributed by atoms with Gasteiger partial charge in [0.05, 0.1) is 0 Å². The number of hydrogen-bond acceptors (Lipinski definition) is 10. The molecule has 0 aromatic heterocycles. The predicted octanol–water partition coefficient (Wildman–Crippen LogP) is 2.04. The molecule has 222 valence electrons. The number of esters is 1. The van der Waals surface area contributed by atoms with Crippen LogP contribution in [0.15, 0.2) is 42.6 Å². The van der Waals surface area contributed by atoms with Crippen molar-refractivity contribution in [2.75, 3.05) is 6.61 Å². The summed E-state index contributed by atoms with van der Waals surface area (Å²) in [7, 11) is -4.54. The summed E-state index contributed by atoms with van der Waals surface area (Å²) >= 11 is 0. The van der Waals surface area contributed by atoms with Crippen LogP contribution in [0.4, 0.5) is 9.18 Å². The standard InChI is InChI=1S/C25H35FN3O10P/c1-16(20(31)37-17-9-5-3-6-10-17)28-40(35,39-18-11-7-4-8-12-18)36-15-25(26)21(32)24(2,34)22(38-25)29-14-13-19(30)27-23(29)33/h4,7-8,11-14,16-17,19,21-22,30,32,34H,3,5-6,9-10,15H2,1-2H3,(H,27,33)(H,28,35). The Hall–Kier alpha value is -2.58. The van der Waals surface area contributed by atoms with Crippen molar-refractivity contribution in [3.8, 4) is 5.75 Å². The largest absolute Gasteiger partial charge is 0.461 e. The Morgan fingerprint density at radius 3 is 2.60 bits per heavy atom. The Kier molecular flexibility index (Phi) is 9.20. The molecule has 4 rings (SSSR count). The number of para-hydroxylation sites is 1. The van der Waals surface area contributed by atoms with E-state index in [1.807, 2.05) is 0 Å². The minimum absolute atomic E-state index is 0.0746. The van der Waals surface area contributed by atoms with E-state index in [1.54, 1.807) is 18.2 Å². The summed E-state index contributed by atoms with van der Waals surface area (Å²) in [6.45, 7) is 1.19. The molecule has 7 unspecified atom stereocenters. The summed E-state index contributed by atoms with van der Waals surface area (Å²) in [6.07, 6.45) is 0.948. The molecule has 5 N–H and O–H groups in total. The van der Waals surface area contributed by atoms with Gasteiger partial charge in [-0.15, -0.1) is 0 Å². The average Bonchev–Trinajstić information content (AvgIpc) is 3.09. The Balaban J connectivity index is 1.49. The minimum Gasteiger partial charge on any atom is -0.461 e. The van der Waals surface area contributed by atoms with Crippen LogP contribution in [0.1, 0.15) is 46.0 Å². The SMILES string of the molecule is CC(NP(=O)(OCC1(F)OC(N2C=CC(O)NC2=O)C(C)(O)C1O)Oc1ccccc1)C(=O)OC1CCCCC1. The summed E-state index contributed by atoms with van der Waals surface area (Å²) in [5.41, 5.74) is -2.36. The first-order valence-corrected chi connectivity index (χ1v) is 14.6. The lowest BCUT2D eigenvalue weighted by atomic mass is 9.95. The number of carbonyl (C=O) groups excluding carboxylic acids is 2. The number of hydrogen-bond donors (Lipinski definition) is 5. The van der Waals surface area contributed by atoms with E-state index in [2.05, 4.69) is 10.4 Å². The molecule has 0 spiro atoms. The summed E-state index contributed by atoms with van der Waals surface area (Å²) in [5.74, 6) is -3.81. The van der Waals surface area contributed by atoms with Crippen molar-refractivity contribution in [3.05, 3.63) is 42.6 Å². The van der Waals surface area contributed by atoms with Gasteiger partial charge < -0.3 is 34.6 Å². The van der Waals surface area contributed by atoms with Gasteiger partial charge in [-0.25, -0.2) is 13.8 Å². The number of benzene rings is 1. The van der Waals surface area contributed by atoms with E-state index >= 15 is 4.39 Å². The number of amides is 2. The maximum Gasteiger partial charge on any atom is 0.459 e. The number of rotatable bonds is 10. The van der Waals surface area contributed by atoms with Crippen LogP contribution in [0, 0.1) is 0 Å². The van der Waals surface area contributed by atoms with Crippen LogP contribution in [0.3, 0.4) is 0 Å². The fourth-order valence-electron chi connectivity index (χ4n) is 4.69. The van der Waals surface area contributed by atoms with Crippen molar-refractivity contribution < 1.29 is 52.4 Å². The maximum atomic E-state index is 16.0. The van der Waals surface area contributed by atoms with Crippen LogP contribution in [0.2, 0.25) is 0 Å². The molecular weight excluding hydrogens is 552 g/mol. The summed E-state index contributed by atoms with van der Waals surface area (Å²) < 4.78 is 51.4. The molecule has 1 aromatic rings. The van der Waals surface area contributed by atoms with Gasteiger partial charge in [-0.1, -0.05) is 24.6 Å². The zero-order valence-corrected chi connectivity index (χ0v) is 23.0. The van der Waals surface area contributed by atoms with E-state index in [0.29, 0.717) is 0 Å². The second kappa shape index (κ2) is 12.1. The first kappa shape index (κ1) is 30.4. The van der Waals surface area contributed by atoms with Gasteiger partial charge in [-0.3, -0.25) is 14.2 Å². The molecule has 1 saturated heterocycles. The fraction of sp³-hybridized carbons (Fsp3) is 0.600. The van der Waals surface area contributed by atoms with E-state index in [4.69, 9.17) is 18.5 Å². The lowest BCUT2D eigenvalue weighted by Crippen LogP contribution is -2.57. The predicted molar refractivity (Wildman–Crippen MR) is 137 cm³/mol. The van der Waals surface area contributed by atoms with Crippen LogP contribution in [0.25, 0.3) is 0 Å². The quantitative estimate of drug-likeness (QED) is 0.200. The lowest BCUT2D eigenvalue weighted by molar-refractivity contribution is -0.204. The number of aliphatic hydroxyl groups excluding tert-OH is 2. The summed E-state index contributed by atoms with van der Waals surface area (Å²) in [5, 5.41) is 35.7. The molecule has 0 radical (unpaired) electrons. The number of nitrogens with zero attached hydrogens (tertiary/aromatic N) is 1.